The molecule has 10 nitrogen and oxygen atoms in total. The van der Waals surface area contributed by atoms with E-state index in [1.165, 1.54) is 12.1 Å². The highest BCUT2D eigenvalue weighted by atomic mass is 32.2. The summed E-state index contributed by atoms with van der Waals surface area (Å²) in [6, 6.07) is 8.22. The van der Waals surface area contributed by atoms with Crippen LogP contribution in [0.1, 0.15) is 0 Å². The fourth-order valence-electron chi connectivity index (χ4n) is 3.64. The van der Waals surface area contributed by atoms with Crippen LogP contribution in [0.25, 0.3) is 32.3 Å². The number of hydrogen-bond acceptors (Lipinski definition) is 7. The van der Waals surface area contributed by atoms with Gasteiger partial charge in [0.15, 0.2) is 0 Å². The van der Waals surface area contributed by atoms with Crippen molar-refractivity contribution in [1.82, 2.24) is 0 Å². The highest BCUT2D eigenvalue weighted by Crippen LogP contribution is 2.45. The van der Waals surface area contributed by atoms with Crippen molar-refractivity contribution in [2.45, 2.75) is 14.7 Å². The normalized spacial score (nSPS) is 13.6. The molecular formula is C16H11NO9S3. The average molecular weight is 457 g/mol. The zero-order valence-corrected chi connectivity index (χ0v) is 16.5. The van der Waals surface area contributed by atoms with Crippen molar-refractivity contribution in [2.24, 2.45) is 0 Å². The van der Waals surface area contributed by atoms with E-state index in [1.54, 1.807) is 12.1 Å². The van der Waals surface area contributed by atoms with Crippen LogP contribution in [0.4, 0.5) is 5.69 Å². The minimum Gasteiger partial charge on any atom is -0.398 e. The number of benzene rings is 4. The molecule has 4 aromatic rings. The smallest absolute Gasteiger partial charge is 0.297 e. The Morgan fingerprint density at radius 3 is 1.45 bits per heavy atom. The molecule has 0 atom stereocenters. The van der Waals surface area contributed by atoms with Crippen molar-refractivity contribution >= 4 is 68.4 Å². The Labute approximate surface area is 164 Å². The first-order valence-corrected chi connectivity index (χ1v) is 12.0. The Morgan fingerprint density at radius 2 is 0.966 bits per heavy atom. The van der Waals surface area contributed by atoms with Gasteiger partial charge < -0.3 is 5.73 Å². The van der Waals surface area contributed by atoms with Gasteiger partial charge in [0.25, 0.3) is 30.4 Å². The summed E-state index contributed by atoms with van der Waals surface area (Å²) in [7, 11) is -16.3. The third kappa shape index (κ3) is 2.82. The van der Waals surface area contributed by atoms with Gasteiger partial charge in [-0.2, -0.15) is 25.3 Å². The van der Waals surface area contributed by atoms with Crippen LogP contribution >= 0.6 is 0 Å². The molecule has 0 aliphatic rings. The van der Waals surface area contributed by atoms with Crippen LogP contribution in [0, 0.1) is 0 Å². The van der Waals surface area contributed by atoms with Gasteiger partial charge >= 0.3 is 0 Å². The van der Waals surface area contributed by atoms with E-state index in [-0.39, 0.29) is 27.2 Å². The number of nitrogen functional groups attached to an aromatic ring is 1. The van der Waals surface area contributed by atoms with E-state index >= 15 is 0 Å². The minimum absolute atomic E-state index is 0.0695. The van der Waals surface area contributed by atoms with Crippen molar-refractivity contribution in [3.63, 3.8) is 0 Å². The van der Waals surface area contributed by atoms with Crippen LogP contribution in [-0.4, -0.2) is 38.9 Å². The summed E-state index contributed by atoms with van der Waals surface area (Å²) in [6.07, 6.45) is 0. The summed E-state index contributed by atoms with van der Waals surface area (Å²) < 4.78 is 101. The lowest BCUT2D eigenvalue weighted by Crippen LogP contribution is -2.16. The summed E-state index contributed by atoms with van der Waals surface area (Å²) in [5.74, 6) is 0. The zero-order chi connectivity index (χ0) is 21.5. The van der Waals surface area contributed by atoms with E-state index in [4.69, 9.17) is 5.73 Å². The fraction of sp³-hybridized carbons (Fsp3) is 0. The first kappa shape index (κ1) is 19.8. The predicted molar refractivity (Wildman–Crippen MR) is 104 cm³/mol. The van der Waals surface area contributed by atoms with Crippen LogP contribution in [0.5, 0.6) is 0 Å². The lowest BCUT2D eigenvalue weighted by Gasteiger charge is -2.18. The summed E-state index contributed by atoms with van der Waals surface area (Å²) in [5, 5.41) is 0.395. The fourth-order valence-corrected chi connectivity index (χ4v) is 7.23. The first-order valence-electron chi connectivity index (χ1n) is 7.68. The molecule has 0 aliphatic carbocycles. The van der Waals surface area contributed by atoms with Gasteiger partial charge in [0, 0.05) is 27.2 Å². The van der Waals surface area contributed by atoms with Crippen LogP contribution in [0.15, 0.2) is 51.1 Å². The van der Waals surface area contributed by atoms with E-state index in [2.05, 4.69) is 0 Å². The molecule has 0 saturated heterocycles. The minimum atomic E-state index is -5.53. The maximum absolute atomic E-state index is 12.1. The van der Waals surface area contributed by atoms with E-state index in [1.807, 2.05) is 0 Å². The Balaban J connectivity index is 2.57. The van der Waals surface area contributed by atoms with Crippen LogP contribution < -0.4 is 5.73 Å². The molecule has 29 heavy (non-hydrogen) atoms. The number of hydrogen-bond donors (Lipinski definition) is 4. The first-order chi connectivity index (χ1) is 13.2. The van der Waals surface area contributed by atoms with Crippen molar-refractivity contribution in [1.29, 1.82) is 0 Å². The predicted octanol–water partition coefficient (Wildman–Crippen LogP) is 1.91. The second-order valence-corrected chi connectivity index (χ2v) is 10.4. The molecule has 152 valence electrons. The monoisotopic (exact) mass is 457 g/mol. The molecule has 0 heterocycles. The Hall–Kier alpha value is -2.55. The maximum Gasteiger partial charge on any atom is 0.297 e. The second kappa shape index (κ2) is 5.75. The standard InChI is InChI=1S/C16H11NO9S3/c17-11-6-2-7-1-3-9-13-10(5-4-8(11)12(7)13)15(28(21,22)23)16(29(24,25)26)14(9)27(18,19)20/h1-6H,17H2,(H,18,19,20)(H,21,22,23)(H,24,25,26). The third-order valence-corrected chi connectivity index (χ3v) is 7.68. The largest absolute Gasteiger partial charge is 0.398 e. The summed E-state index contributed by atoms with van der Waals surface area (Å²) in [6.45, 7) is 0. The molecule has 0 aliphatic heterocycles. The average Bonchev–Trinajstić information content (AvgIpc) is 2.57. The number of anilines is 1. The van der Waals surface area contributed by atoms with E-state index in [9.17, 15) is 38.9 Å². The molecule has 13 heteroatoms. The van der Waals surface area contributed by atoms with Crippen LogP contribution in [-0.2, 0) is 30.4 Å². The number of nitrogens with two attached hydrogens (primary N) is 1. The molecule has 0 radical (unpaired) electrons. The Kier molecular flexibility index (Phi) is 3.91. The van der Waals surface area contributed by atoms with Crippen molar-refractivity contribution in [2.75, 3.05) is 5.73 Å². The zero-order valence-electron chi connectivity index (χ0n) is 14.1. The van der Waals surface area contributed by atoms with Crippen molar-refractivity contribution < 1.29 is 38.9 Å². The molecular weight excluding hydrogens is 446 g/mol. The van der Waals surface area contributed by atoms with Crippen molar-refractivity contribution in [3.05, 3.63) is 36.4 Å². The SMILES string of the molecule is Nc1ccc2ccc3c(S(=O)(=O)O)c(S(=O)(=O)O)c(S(=O)(=O)O)c4ccc1c2c34. The molecule has 4 rings (SSSR count). The van der Waals surface area contributed by atoms with Gasteiger partial charge in [-0.1, -0.05) is 30.3 Å². The van der Waals surface area contributed by atoms with Gasteiger partial charge in [-0.15, -0.1) is 0 Å². The summed E-state index contributed by atoms with van der Waals surface area (Å²) in [5.41, 5.74) is 6.21. The highest BCUT2D eigenvalue weighted by molar-refractivity contribution is 7.90. The Morgan fingerprint density at radius 1 is 0.552 bits per heavy atom. The van der Waals surface area contributed by atoms with Gasteiger partial charge in [-0.05, 0) is 16.8 Å². The molecule has 5 N–H and O–H groups in total. The Bertz CT molecular complexity index is 1620. The molecule has 0 saturated carbocycles. The number of rotatable bonds is 3. The van der Waals surface area contributed by atoms with E-state index < -0.39 is 45.0 Å². The van der Waals surface area contributed by atoms with Crippen molar-refractivity contribution in [3.8, 4) is 0 Å². The topological polar surface area (TPSA) is 189 Å². The van der Waals surface area contributed by atoms with E-state index in [0.717, 1.165) is 12.1 Å². The molecule has 0 unspecified atom stereocenters. The van der Waals surface area contributed by atoms with Gasteiger partial charge in [0.05, 0.1) is 0 Å². The summed E-state index contributed by atoms with van der Waals surface area (Å²) in [4.78, 5) is -4.37. The quantitative estimate of drug-likeness (QED) is 0.201. The maximum atomic E-state index is 12.1. The lowest BCUT2D eigenvalue weighted by molar-refractivity contribution is 0.458. The molecule has 0 aromatic heterocycles. The van der Waals surface area contributed by atoms with Crippen LogP contribution in [0.2, 0.25) is 0 Å². The van der Waals surface area contributed by atoms with Crippen LogP contribution in [0.3, 0.4) is 0 Å². The van der Waals surface area contributed by atoms with Gasteiger partial charge in [0.2, 0.25) is 0 Å². The second-order valence-electron chi connectivity index (χ2n) is 6.31. The van der Waals surface area contributed by atoms with Gasteiger partial charge in [-0.3, -0.25) is 13.7 Å². The molecule has 4 aromatic carbocycles. The van der Waals surface area contributed by atoms with Gasteiger partial charge in [0.1, 0.15) is 14.7 Å². The highest BCUT2D eigenvalue weighted by Gasteiger charge is 2.37. The third-order valence-electron chi connectivity index (χ3n) is 4.62. The van der Waals surface area contributed by atoms with E-state index in [0.29, 0.717) is 10.8 Å². The van der Waals surface area contributed by atoms with Gasteiger partial charge in [-0.25, -0.2) is 0 Å². The molecule has 0 amide bonds. The summed E-state index contributed by atoms with van der Waals surface area (Å²) >= 11 is 0. The molecule has 0 fully saturated rings. The molecule has 0 bridgehead atoms. The lowest BCUT2D eigenvalue weighted by atomic mass is 9.93. The molecule has 0 spiro atoms.